The maximum Gasteiger partial charge on any atom is 0.453 e. The molecule has 0 saturated carbocycles. The van der Waals surface area contributed by atoms with E-state index in [9.17, 15) is 62.1 Å². The molecule has 83 heavy (non-hydrogen) atoms. The van der Waals surface area contributed by atoms with E-state index in [0.717, 1.165) is 56.6 Å². The van der Waals surface area contributed by atoms with E-state index in [-0.39, 0.29) is 62.0 Å². The van der Waals surface area contributed by atoms with Crippen LogP contribution in [-0.2, 0) is 17.8 Å². The van der Waals surface area contributed by atoms with Crippen molar-refractivity contribution in [2.75, 3.05) is 100 Å². The number of likely N-dealkylation sites (tertiary alicyclic amines) is 2. The van der Waals surface area contributed by atoms with Gasteiger partial charge in [-0.3, -0.25) is 0 Å². The van der Waals surface area contributed by atoms with Crippen molar-refractivity contribution in [1.29, 1.82) is 0 Å². The molecule has 0 amide bonds. The van der Waals surface area contributed by atoms with Gasteiger partial charge < -0.3 is 85.3 Å². The number of hydrogen-bond donors (Lipinski definition) is 11. The van der Waals surface area contributed by atoms with Gasteiger partial charge in [0.25, 0.3) is 0 Å². The highest BCUT2D eigenvalue weighted by molar-refractivity contribution is 7.98. The van der Waals surface area contributed by atoms with Crippen LogP contribution < -0.4 is 30.7 Å². The molecular weight excluding hydrogens is 1130 g/mol. The lowest BCUT2D eigenvalue weighted by molar-refractivity contribution is -0.419. The van der Waals surface area contributed by atoms with Crippen LogP contribution in [0.2, 0.25) is 0 Å². The minimum Gasteiger partial charge on any atom is -0.495 e. The van der Waals surface area contributed by atoms with Crippen LogP contribution in [0.4, 0.5) is 49.1 Å². The summed E-state index contributed by atoms with van der Waals surface area (Å²) < 4.78 is 98.9. The summed E-state index contributed by atoms with van der Waals surface area (Å²) >= 11 is 2.96. The van der Waals surface area contributed by atoms with Crippen LogP contribution in [0.15, 0.2) is 94.7 Å². The van der Waals surface area contributed by atoms with Gasteiger partial charge in [0, 0.05) is 83.9 Å². The monoisotopic (exact) mass is 1200 g/mol. The van der Waals surface area contributed by atoms with Gasteiger partial charge in [-0.1, -0.05) is 24.0 Å². The maximum atomic E-state index is 13.6. The van der Waals surface area contributed by atoms with E-state index in [2.05, 4.69) is 49.8 Å². The number of hydrogen-bond acceptors (Lipinski definition) is 18. The lowest BCUT2D eigenvalue weighted by Crippen LogP contribution is -2.53. The smallest absolute Gasteiger partial charge is 0.453 e. The van der Waals surface area contributed by atoms with Crippen molar-refractivity contribution in [3.05, 3.63) is 96.3 Å². The summed E-state index contributed by atoms with van der Waals surface area (Å²) in [7, 11) is 3.12. The summed E-state index contributed by atoms with van der Waals surface area (Å²) in [5.74, 6) is 12.1. The molecular formula is C57H68F6N8O10S2. The minimum atomic E-state index is -4.47. The Morgan fingerprint density at radius 1 is 0.614 bits per heavy atom. The summed E-state index contributed by atoms with van der Waals surface area (Å²) in [6, 6.07) is 24.2. The summed E-state index contributed by atoms with van der Waals surface area (Å²) in [6.07, 6.45) is -9.33. The highest BCUT2D eigenvalue weighted by atomic mass is 32.2. The molecule has 6 aromatic rings. The summed E-state index contributed by atoms with van der Waals surface area (Å²) in [4.78, 5) is 5.08. The van der Waals surface area contributed by atoms with Crippen LogP contribution in [0.1, 0.15) is 37.1 Å². The van der Waals surface area contributed by atoms with Crippen molar-refractivity contribution in [2.24, 2.45) is 0 Å². The second-order valence-electron chi connectivity index (χ2n) is 19.7. The van der Waals surface area contributed by atoms with Gasteiger partial charge in [-0.15, -0.1) is 23.5 Å². The molecule has 8 rings (SSSR count). The van der Waals surface area contributed by atoms with Crippen molar-refractivity contribution in [2.45, 2.75) is 91.4 Å². The first-order valence-electron chi connectivity index (χ1n) is 26.3. The number of anilines is 4. The Kier molecular flexibility index (Phi) is 22.1. The highest BCUT2D eigenvalue weighted by Crippen LogP contribution is 2.35. The molecule has 450 valence electrons. The number of β-amino-alcohol motifs (C(OH)–C–C–N with tert-alkyl or cyclic N) is 1. The zero-order valence-corrected chi connectivity index (χ0v) is 47.6. The fourth-order valence-corrected chi connectivity index (χ4v) is 10.7. The number of thioether (sulfide) groups is 2. The van der Waals surface area contributed by atoms with E-state index in [4.69, 9.17) is 14.2 Å². The molecule has 2 aliphatic heterocycles. The Morgan fingerprint density at radius 2 is 1.07 bits per heavy atom. The summed E-state index contributed by atoms with van der Waals surface area (Å²) in [5, 5.41) is 80.2. The van der Waals surface area contributed by atoms with Crippen molar-refractivity contribution in [1.82, 2.24) is 18.9 Å². The number of aromatic nitrogens is 2. The number of nitrogens with one attached hydrogen (secondary N) is 4. The molecule has 1 unspecified atom stereocenters. The predicted molar refractivity (Wildman–Crippen MR) is 308 cm³/mol. The van der Waals surface area contributed by atoms with E-state index in [1.165, 1.54) is 22.4 Å². The van der Waals surface area contributed by atoms with Crippen LogP contribution in [0, 0.1) is 23.7 Å². The van der Waals surface area contributed by atoms with Crippen molar-refractivity contribution in [3.8, 4) is 35.2 Å². The number of nitrogens with zero attached hydrogens (tertiary/aromatic N) is 4. The van der Waals surface area contributed by atoms with Gasteiger partial charge in [0.05, 0.1) is 66.7 Å². The van der Waals surface area contributed by atoms with E-state index >= 15 is 0 Å². The number of methoxy groups -OCH3 is 2. The minimum absolute atomic E-state index is 0.0133. The lowest BCUT2D eigenvalue weighted by atomic mass is 10.0. The second-order valence-corrected chi connectivity index (χ2v) is 21.4. The Bertz CT molecular complexity index is 3240. The van der Waals surface area contributed by atoms with Gasteiger partial charge in [-0.25, -0.2) is 4.90 Å². The summed E-state index contributed by atoms with van der Waals surface area (Å²) in [5.41, 5.74) is 3.64. The van der Waals surface area contributed by atoms with Crippen LogP contribution in [-0.4, -0.2) is 177 Å². The molecule has 2 fully saturated rings. The van der Waals surface area contributed by atoms with Gasteiger partial charge in [0.1, 0.15) is 18.8 Å². The van der Waals surface area contributed by atoms with Crippen LogP contribution in [0.3, 0.4) is 0 Å². The molecule has 2 aliphatic rings. The van der Waals surface area contributed by atoms with Crippen LogP contribution in [0.5, 0.6) is 11.5 Å². The third-order valence-corrected chi connectivity index (χ3v) is 15.1. The Labute approximate surface area is 484 Å². The fourth-order valence-electron chi connectivity index (χ4n) is 9.79. The fraction of sp³-hybridized carbons (Fsp3) is 0.439. The molecule has 11 N–H and O–H groups in total. The predicted octanol–water partition coefficient (Wildman–Crippen LogP) is 7.10. The van der Waals surface area contributed by atoms with Gasteiger partial charge in [0.15, 0.2) is 5.75 Å². The molecule has 2 aromatic heterocycles. The standard InChI is InChI=1S/C30H37F3N4O6S.C27H31F3N4O4S/c1-42-18-22(38)17-36-13-10-20(11-14-36)35-25-6-3-7-27-24(25)15-21(37(27)19-29(31,32)33)5-4-12-34-26-9-8-23(44-2)16-28(26)43-30(39,40)41;1-38-25-16-20(39-2)8-9-23(25)31-12-4-5-19-15-21-22(6-3-7-24(21)34(19)17-26(28,29)30)32-18-10-13-33(14-11-18)27(35,36)37/h3,6-9,15-16,20,22,34-35,38-41H,10-14,17-19H2,1-2H3;3,6-9,15-16,18,31-32,35-37H,10-14,17H2,1-2H3. The quantitative estimate of drug-likeness (QED) is 0.0158. The first kappa shape index (κ1) is 64.3. The molecule has 26 heteroatoms. The van der Waals surface area contributed by atoms with Gasteiger partial charge >= 0.3 is 24.6 Å². The number of benzene rings is 4. The van der Waals surface area contributed by atoms with Gasteiger partial charge in [-0.2, -0.15) is 26.3 Å². The third kappa shape index (κ3) is 18.9. The maximum absolute atomic E-state index is 13.6. The number of ether oxygens (including phenoxy) is 3. The van der Waals surface area contributed by atoms with Gasteiger partial charge in [-0.05, 0) is 123 Å². The Hall–Kier alpha value is -6.24. The molecule has 0 spiro atoms. The zero-order chi connectivity index (χ0) is 60.1. The topological polar surface area (TPSA) is 234 Å². The molecule has 0 radical (unpaired) electrons. The largest absolute Gasteiger partial charge is 0.495 e. The average Bonchev–Trinajstić information content (AvgIpc) is 3.25. The number of piperidine rings is 2. The number of fused-ring (bicyclic) bond motifs is 2. The average molecular weight is 1200 g/mol. The van der Waals surface area contributed by atoms with E-state index < -0.39 is 43.8 Å². The van der Waals surface area contributed by atoms with Gasteiger partial charge in [0.2, 0.25) is 0 Å². The zero-order valence-electron chi connectivity index (χ0n) is 45.9. The van der Waals surface area contributed by atoms with Crippen molar-refractivity contribution < 1.29 is 76.3 Å². The molecule has 4 heterocycles. The summed E-state index contributed by atoms with van der Waals surface area (Å²) in [6.45, 7) is 0.623. The molecule has 18 nitrogen and oxygen atoms in total. The number of alkyl halides is 6. The van der Waals surface area contributed by atoms with Crippen molar-refractivity contribution >= 4 is 68.1 Å². The molecule has 1 atom stereocenters. The SMILES string of the molecule is COCC(O)CN1CCC(Nc2cccc3c2cc(C#CCNc2ccc(SC)cc2OC(O)(O)O)n3CC(F)(F)F)CC1.COc1cc(SC)ccc1NCC#Cc1cc2c(NC3CCN(C(O)(O)O)CC3)cccc2n1CC(F)(F)F. The van der Waals surface area contributed by atoms with E-state index in [0.29, 0.717) is 58.3 Å². The lowest BCUT2D eigenvalue weighted by Gasteiger charge is -2.36. The van der Waals surface area contributed by atoms with E-state index in [1.54, 1.807) is 80.6 Å². The normalized spacial score (nSPS) is 15.4. The van der Waals surface area contributed by atoms with Crippen molar-refractivity contribution in [3.63, 3.8) is 0 Å². The Balaban J connectivity index is 0.000000240. The molecule has 4 aromatic carbocycles. The van der Waals surface area contributed by atoms with Crippen LogP contribution in [0.25, 0.3) is 21.8 Å². The number of aliphatic hydroxyl groups excluding tert-OH is 1. The molecule has 0 aliphatic carbocycles. The number of aliphatic hydroxyl groups is 7. The first-order chi connectivity index (χ1) is 39.3. The number of halogens is 6. The number of rotatable bonds is 20. The second kappa shape index (κ2) is 28.6. The van der Waals surface area contributed by atoms with E-state index in [1.807, 2.05) is 36.8 Å². The van der Waals surface area contributed by atoms with Crippen LogP contribution >= 0.6 is 23.5 Å². The Morgan fingerprint density at radius 3 is 1.49 bits per heavy atom. The third-order valence-electron chi connectivity index (χ3n) is 13.6. The highest BCUT2D eigenvalue weighted by Gasteiger charge is 2.34. The first-order valence-corrected chi connectivity index (χ1v) is 28.7. The molecule has 2 saturated heterocycles. The molecule has 0 bridgehead atoms.